The van der Waals surface area contributed by atoms with Crippen molar-refractivity contribution >= 4 is 23.0 Å². The van der Waals surface area contributed by atoms with E-state index < -0.39 is 28.3 Å². The highest BCUT2D eigenvalue weighted by atomic mass is 19.1. The number of nitro groups is 1. The summed E-state index contributed by atoms with van der Waals surface area (Å²) < 4.78 is 27.3. The Morgan fingerprint density at radius 2 is 1.44 bits per heavy atom. The molecule has 0 aliphatic heterocycles. The number of nitrogens with one attached hydrogen (secondary N) is 2. The number of anilines is 3. The van der Waals surface area contributed by atoms with Gasteiger partial charge in [-0.2, -0.15) is 0 Å². The summed E-state index contributed by atoms with van der Waals surface area (Å²) in [6.07, 6.45) is 1.13. The number of rotatable bonds is 7. The normalized spacial score (nSPS) is 10.7. The molecule has 4 aromatic rings. The van der Waals surface area contributed by atoms with Crippen LogP contribution in [0.4, 0.5) is 31.8 Å². The average molecular weight is 433 g/mol. The Morgan fingerprint density at radius 1 is 0.844 bits per heavy atom. The van der Waals surface area contributed by atoms with Crippen LogP contribution in [0.1, 0.15) is 17.2 Å². The van der Waals surface area contributed by atoms with Crippen molar-refractivity contribution in [1.29, 1.82) is 0 Å². The maximum Gasteiger partial charge on any atom is 0.353 e. The van der Waals surface area contributed by atoms with Crippen LogP contribution in [-0.2, 0) is 0 Å². The number of halogens is 2. The summed E-state index contributed by atoms with van der Waals surface area (Å²) in [4.78, 5) is 19.2. The number of hydrogen-bond donors (Lipinski definition) is 2. The molecule has 2 N–H and O–H groups in total. The molecule has 0 amide bonds. The molecule has 0 saturated heterocycles. The first kappa shape index (κ1) is 20.9. The van der Waals surface area contributed by atoms with Crippen LogP contribution in [-0.4, -0.2) is 14.9 Å². The van der Waals surface area contributed by atoms with Gasteiger partial charge in [-0.05, 0) is 23.3 Å². The minimum Gasteiger partial charge on any atom is -0.353 e. The molecule has 0 unspecified atom stereocenters. The lowest BCUT2D eigenvalue weighted by Crippen LogP contribution is -2.15. The Morgan fingerprint density at radius 3 is 2.00 bits per heavy atom. The summed E-state index contributed by atoms with van der Waals surface area (Å²) in [5.41, 5.74) is 1.12. The number of nitrogens with zero attached hydrogens (tertiary/aromatic N) is 3. The number of aromatic nitrogens is 2. The lowest BCUT2D eigenvalue weighted by atomic mass is 9.99. The third-order valence-corrected chi connectivity index (χ3v) is 4.74. The molecule has 1 heterocycles. The Hall–Kier alpha value is -4.40. The molecule has 160 valence electrons. The highest BCUT2D eigenvalue weighted by molar-refractivity contribution is 5.74. The van der Waals surface area contributed by atoms with Crippen molar-refractivity contribution in [2.24, 2.45) is 0 Å². The van der Waals surface area contributed by atoms with E-state index in [1.165, 1.54) is 0 Å². The van der Waals surface area contributed by atoms with E-state index >= 15 is 0 Å². The summed E-state index contributed by atoms with van der Waals surface area (Å²) in [7, 11) is 0. The van der Waals surface area contributed by atoms with Crippen molar-refractivity contribution in [2.75, 3.05) is 10.6 Å². The second-order valence-corrected chi connectivity index (χ2v) is 6.82. The van der Waals surface area contributed by atoms with Gasteiger partial charge in [-0.3, -0.25) is 10.1 Å². The second-order valence-electron chi connectivity index (χ2n) is 6.82. The van der Waals surface area contributed by atoms with Crippen molar-refractivity contribution in [3.63, 3.8) is 0 Å². The topological polar surface area (TPSA) is 93.0 Å². The van der Waals surface area contributed by atoms with E-state index in [-0.39, 0.29) is 17.3 Å². The molecule has 0 spiro atoms. The van der Waals surface area contributed by atoms with Crippen molar-refractivity contribution in [3.8, 4) is 0 Å². The van der Waals surface area contributed by atoms with Gasteiger partial charge in [0, 0.05) is 6.07 Å². The monoisotopic (exact) mass is 433 g/mol. The van der Waals surface area contributed by atoms with Crippen molar-refractivity contribution in [1.82, 2.24) is 9.97 Å². The molecule has 0 fully saturated rings. The molecule has 0 radical (unpaired) electrons. The fourth-order valence-corrected chi connectivity index (χ4v) is 3.25. The van der Waals surface area contributed by atoms with Gasteiger partial charge in [-0.15, -0.1) is 0 Å². The minimum atomic E-state index is -0.904. The van der Waals surface area contributed by atoms with Gasteiger partial charge < -0.3 is 10.6 Å². The Kier molecular flexibility index (Phi) is 5.98. The summed E-state index contributed by atoms with van der Waals surface area (Å²) in [5.74, 6) is -1.94. The number of hydrogen-bond acceptors (Lipinski definition) is 6. The fourth-order valence-electron chi connectivity index (χ4n) is 3.25. The average Bonchev–Trinajstić information content (AvgIpc) is 2.80. The van der Waals surface area contributed by atoms with Crippen LogP contribution in [0.25, 0.3) is 0 Å². The van der Waals surface area contributed by atoms with Crippen LogP contribution < -0.4 is 10.6 Å². The standard InChI is InChI=1S/C23H17F2N5O2/c24-17-11-12-19(18(25)13-17)28-22-21(30(31)32)23(27-14-26-22)29-20(15-7-3-1-4-8-15)16-9-5-2-6-10-16/h1-14,20H,(H2,26,27,28,29). The van der Waals surface area contributed by atoms with E-state index in [1.54, 1.807) is 0 Å². The van der Waals surface area contributed by atoms with Gasteiger partial charge in [0.15, 0.2) is 0 Å². The summed E-state index contributed by atoms with van der Waals surface area (Å²) in [5, 5.41) is 17.6. The van der Waals surface area contributed by atoms with Crippen LogP contribution in [0.5, 0.6) is 0 Å². The maximum atomic E-state index is 14.1. The van der Waals surface area contributed by atoms with E-state index in [0.29, 0.717) is 6.07 Å². The quantitative estimate of drug-likeness (QED) is 0.291. The van der Waals surface area contributed by atoms with E-state index in [2.05, 4.69) is 20.6 Å². The van der Waals surface area contributed by atoms with Gasteiger partial charge >= 0.3 is 5.69 Å². The predicted molar refractivity (Wildman–Crippen MR) is 117 cm³/mol. The molecular formula is C23H17F2N5O2. The zero-order valence-electron chi connectivity index (χ0n) is 16.6. The SMILES string of the molecule is O=[N+]([O-])c1c(Nc2ccc(F)cc2F)ncnc1NC(c1ccccc1)c1ccccc1. The van der Waals surface area contributed by atoms with Gasteiger partial charge in [0.1, 0.15) is 18.0 Å². The predicted octanol–water partition coefficient (Wildman–Crippen LogP) is 5.61. The molecule has 3 aromatic carbocycles. The largest absolute Gasteiger partial charge is 0.353 e. The van der Waals surface area contributed by atoms with Crippen LogP contribution in [0.3, 0.4) is 0 Å². The van der Waals surface area contributed by atoms with Gasteiger partial charge in [-0.25, -0.2) is 18.7 Å². The molecule has 7 nitrogen and oxygen atoms in total. The summed E-state index contributed by atoms with van der Waals surface area (Å²) in [6.45, 7) is 0. The first-order chi connectivity index (χ1) is 15.5. The molecule has 0 saturated carbocycles. The Labute approximate surface area is 181 Å². The third-order valence-electron chi connectivity index (χ3n) is 4.74. The van der Waals surface area contributed by atoms with Crippen LogP contribution in [0.15, 0.2) is 85.2 Å². The zero-order chi connectivity index (χ0) is 22.5. The smallest absolute Gasteiger partial charge is 0.353 e. The molecular weight excluding hydrogens is 416 g/mol. The highest BCUT2D eigenvalue weighted by Crippen LogP contribution is 2.35. The van der Waals surface area contributed by atoms with Gasteiger partial charge in [0.2, 0.25) is 11.6 Å². The van der Waals surface area contributed by atoms with Crippen molar-refractivity contribution < 1.29 is 13.7 Å². The summed E-state index contributed by atoms with van der Waals surface area (Å²) in [6, 6.07) is 21.2. The van der Waals surface area contributed by atoms with Crippen LogP contribution in [0, 0.1) is 21.7 Å². The first-order valence-electron chi connectivity index (χ1n) is 9.61. The first-order valence-corrected chi connectivity index (χ1v) is 9.61. The molecule has 0 bridgehead atoms. The van der Waals surface area contributed by atoms with Gasteiger partial charge in [-0.1, -0.05) is 60.7 Å². The summed E-state index contributed by atoms with van der Waals surface area (Å²) >= 11 is 0. The highest BCUT2D eigenvalue weighted by Gasteiger charge is 2.26. The van der Waals surface area contributed by atoms with E-state index in [1.807, 2.05) is 60.7 Å². The molecule has 0 aliphatic carbocycles. The van der Waals surface area contributed by atoms with Gasteiger partial charge in [0.05, 0.1) is 16.7 Å². The Bertz CT molecular complexity index is 1200. The van der Waals surface area contributed by atoms with E-state index in [9.17, 15) is 18.9 Å². The fraction of sp³-hybridized carbons (Fsp3) is 0.0435. The molecule has 9 heteroatoms. The minimum absolute atomic E-state index is 0.0484. The zero-order valence-corrected chi connectivity index (χ0v) is 16.6. The molecule has 32 heavy (non-hydrogen) atoms. The molecule has 0 atom stereocenters. The van der Waals surface area contributed by atoms with E-state index in [0.717, 1.165) is 29.6 Å². The van der Waals surface area contributed by atoms with Gasteiger partial charge in [0.25, 0.3) is 0 Å². The van der Waals surface area contributed by atoms with Crippen molar-refractivity contribution in [3.05, 3.63) is 118 Å². The second kappa shape index (κ2) is 9.17. The van der Waals surface area contributed by atoms with Crippen LogP contribution >= 0.6 is 0 Å². The maximum absolute atomic E-state index is 14.1. The lowest BCUT2D eigenvalue weighted by molar-refractivity contribution is -0.383. The Balaban J connectivity index is 1.75. The molecule has 0 aliphatic rings. The van der Waals surface area contributed by atoms with Crippen LogP contribution in [0.2, 0.25) is 0 Å². The number of benzene rings is 3. The lowest BCUT2D eigenvalue weighted by Gasteiger charge is -2.20. The van der Waals surface area contributed by atoms with Crippen molar-refractivity contribution in [2.45, 2.75) is 6.04 Å². The molecule has 4 rings (SSSR count). The molecule has 1 aromatic heterocycles. The third kappa shape index (κ3) is 4.51. The van der Waals surface area contributed by atoms with E-state index in [4.69, 9.17) is 0 Å².